The lowest BCUT2D eigenvalue weighted by Crippen LogP contribution is -2.25. The second-order valence-electron chi connectivity index (χ2n) is 4.32. The number of rotatable bonds is 7. The van der Waals surface area contributed by atoms with Gasteiger partial charge in [-0.3, -0.25) is 4.79 Å². The SMILES string of the molecule is O=C(NCCSc1ccccc1)c1cccc(OC(F)F)c1. The molecule has 0 heterocycles. The predicted octanol–water partition coefficient (Wildman–Crippen LogP) is 3.81. The molecule has 6 heteroatoms. The zero-order valence-corrected chi connectivity index (χ0v) is 12.5. The Hall–Kier alpha value is -2.08. The molecular formula is C16H15F2NO2S. The molecule has 116 valence electrons. The van der Waals surface area contributed by atoms with E-state index in [1.54, 1.807) is 17.8 Å². The van der Waals surface area contributed by atoms with Crippen LogP contribution < -0.4 is 10.1 Å². The third-order valence-electron chi connectivity index (χ3n) is 2.72. The van der Waals surface area contributed by atoms with Gasteiger partial charge >= 0.3 is 6.61 Å². The van der Waals surface area contributed by atoms with Gasteiger partial charge in [-0.2, -0.15) is 8.78 Å². The zero-order valence-electron chi connectivity index (χ0n) is 11.7. The number of thioether (sulfide) groups is 1. The van der Waals surface area contributed by atoms with Crippen molar-refractivity contribution >= 4 is 17.7 Å². The number of carbonyl (C=O) groups excluding carboxylic acids is 1. The van der Waals surface area contributed by atoms with Crippen molar-refractivity contribution in [3.05, 3.63) is 60.2 Å². The largest absolute Gasteiger partial charge is 0.435 e. The van der Waals surface area contributed by atoms with E-state index in [1.165, 1.54) is 18.2 Å². The Morgan fingerprint density at radius 1 is 1.14 bits per heavy atom. The summed E-state index contributed by atoms with van der Waals surface area (Å²) >= 11 is 1.63. The number of amides is 1. The van der Waals surface area contributed by atoms with Crippen LogP contribution in [0.2, 0.25) is 0 Å². The summed E-state index contributed by atoms with van der Waals surface area (Å²) in [5.41, 5.74) is 0.294. The van der Waals surface area contributed by atoms with Crippen LogP contribution in [0, 0.1) is 0 Å². The Bertz CT molecular complexity index is 608. The van der Waals surface area contributed by atoms with Crippen LogP contribution in [0.4, 0.5) is 8.78 Å². The first-order valence-corrected chi connectivity index (χ1v) is 7.64. The minimum Gasteiger partial charge on any atom is -0.435 e. The van der Waals surface area contributed by atoms with E-state index in [-0.39, 0.29) is 11.7 Å². The van der Waals surface area contributed by atoms with E-state index in [0.717, 1.165) is 10.6 Å². The summed E-state index contributed by atoms with van der Waals surface area (Å²) in [5, 5.41) is 2.75. The van der Waals surface area contributed by atoms with Gasteiger partial charge in [0, 0.05) is 22.8 Å². The van der Waals surface area contributed by atoms with Crippen molar-refractivity contribution in [2.75, 3.05) is 12.3 Å². The van der Waals surface area contributed by atoms with Gasteiger partial charge in [0.05, 0.1) is 0 Å². The molecule has 22 heavy (non-hydrogen) atoms. The van der Waals surface area contributed by atoms with E-state index in [1.807, 2.05) is 30.3 Å². The lowest BCUT2D eigenvalue weighted by Gasteiger charge is -2.08. The molecule has 1 amide bonds. The summed E-state index contributed by atoms with van der Waals surface area (Å²) in [5.74, 6) is 0.387. The number of halogens is 2. The van der Waals surface area contributed by atoms with Gasteiger partial charge < -0.3 is 10.1 Å². The van der Waals surface area contributed by atoms with E-state index in [9.17, 15) is 13.6 Å². The summed E-state index contributed by atoms with van der Waals surface area (Å²) in [6, 6.07) is 15.6. The van der Waals surface area contributed by atoms with Gasteiger partial charge in [0.15, 0.2) is 0 Å². The summed E-state index contributed by atoms with van der Waals surface area (Å²) in [7, 11) is 0. The molecule has 0 aliphatic heterocycles. The van der Waals surface area contributed by atoms with Gasteiger partial charge in [-0.05, 0) is 30.3 Å². The Balaban J connectivity index is 1.79. The molecule has 0 aliphatic rings. The normalized spacial score (nSPS) is 10.5. The maximum atomic E-state index is 12.1. The minimum absolute atomic E-state index is 0.0266. The second-order valence-corrected chi connectivity index (χ2v) is 5.49. The van der Waals surface area contributed by atoms with Crippen LogP contribution in [0.25, 0.3) is 0 Å². The predicted molar refractivity (Wildman–Crippen MR) is 82.6 cm³/mol. The van der Waals surface area contributed by atoms with Crippen LogP contribution in [0.1, 0.15) is 10.4 Å². The van der Waals surface area contributed by atoms with Gasteiger partial charge in [-0.15, -0.1) is 11.8 Å². The third kappa shape index (κ3) is 5.37. The molecule has 0 unspecified atom stereocenters. The third-order valence-corrected chi connectivity index (χ3v) is 3.73. The second kappa shape index (κ2) is 8.38. The van der Waals surface area contributed by atoms with Crippen LogP contribution in [0.3, 0.4) is 0 Å². The van der Waals surface area contributed by atoms with Gasteiger partial charge in [-0.25, -0.2) is 0 Å². The quantitative estimate of drug-likeness (QED) is 0.622. The number of ether oxygens (including phenoxy) is 1. The molecule has 2 aromatic rings. The van der Waals surface area contributed by atoms with E-state index in [0.29, 0.717) is 12.1 Å². The number of carbonyl (C=O) groups is 1. The fourth-order valence-corrected chi connectivity index (χ4v) is 2.56. The fourth-order valence-electron chi connectivity index (χ4n) is 1.77. The number of hydrogen-bond acceptors (Lipinski definition) is 3. The molecule has 0 spiro atoms. The van der Waals surface area contributed by atoms with Crippen molar-refractivity contribution in [3.8, 4) is 5.75 Å². The molecule has 0 aromatic heterocycles. The van der Waals surface area contributed by atoms with E-state index >= 15 is 0 Å². The Kier molecular flexibility index (Phi) is 6.21. The van der Waals surface area contributed by atoms with Crippen LogP contribution in [-0.2, 0) is 0 Å². The smallest absolute Gasteiger partial charge is 0.387 e. The average Bonchev–Trinajstić information content (AvgIpc) is 2.52. The number of hydrogen-bond donors (Lipinski definition) is 1. The topological polar surface area (TPSA) is 38.3 Å². The highest BCUT2D eigenvalue weighted by atomic mass is 32.2. The molecule has 0 atom stereocenters. The first kappa shape index (κ1) is 16.3. The molecule has 0 saturated carbocycles. The van der Waals surface area contributed by atoms with Crippen molar-refractivity contribution < 1.29 is 18.3 Å². The standard InChI is InChI=1S/C16H15F2NO2S/c17-16(18)21-13-6-4-5-12(11-13)15(20)19-9-10-22-14-7-2-1-3-8-14/h1-8,11,16H,9-10H2,(H,19,20). The maximum absolute atomic E-state index is 12.1. The zero-order chi connectivity index (χ0) is 15.8. The highest BCUT2D eigenvalue weighted by molar-refractivity contribution is 7.99. The summed E-state index contributed by atoms with van der Waals surface area (Å²) in [4.78, 5) is 13.1. The van der Waals surface area contributed by atoms with Gasteiger partial charge in [0.1, 0.15) is 5.75 Å². The molecule has 0 aliphatic carbocycles. The van der Waals surface area contributed by atoms with Crippen molar-refractivity contribution in [1.29, 1.82) is 0 Å². The molecule has 0 radical (unpaired) electrons. The van der Waals surface area contributed by atoms with Gasteiger partial charge in [0.2, 0.25) is 0 Å². The minimum atomic E-state index is -2.90. The Morgan fingerprint density at radius 3 is 2.64 bits per heavy atom. The first-order chi connectivity index (χ1) is 10.6. The molecule has 2 aromatic carbocycles. The van der Waals surface area contributed by atoms with Crippen molar-refractivity contribution in [2.45, 2.75) is 11.5 Å². The van der Waals surface area contributed by atoms with Crippen LogP contribution >= 0.6 is 11.8 Å². The summed E-state index contributed by atoms with van der Waals surface area (Å²) in [6.45, 7) is -2.42. The molecule has 1 N–H and O–H groups in total. The lowest BCUT2D eigenvalue weighted by atomic mass is 10.2. The van der Waals surface area contributed by atoms with Gasteiger partial charge in [-0.1, -0.05) is 24.3 Å². The molecule has 2 rings (SSSR count). The monoisotopic (exact) mass is 323 g/mol. The first-order valence-electron chi connectivity index (χ1n) is 6.66. The fraction of sp³-hybridized carbons (Fsp3) is 0.188. The van der Waals surface area contributed by atoms with Crippen molar-refractivity contribution in [3.63, 3.8) is 0 Å². The van der Waals surface area contributed by atoms with Crippen LogP contribution in [0.15, 0.2) is 59.5 Å². The summed E-state index contributed by atoms with van der Waals surface area (Å²) in [6.07, 6.45) is 0. The molecule has 3 nitrogen and oxygen atoms in total. The highest BCUT2D eigenvalue weighted by Crippen LogP contribution is 2.17. The molecule has 0 bridgehead atoms. The van der Waals surface area contributed by atoms with E-state index < -0.39 is 6.61 Å². The lowest BCUT2D eigenvalue weighted by molar-refractivity contribution is -0.0498. The van der Waals surface area contributed by atoms with Gasteiger partial charge in [0.25, 0.3) is 5.91 Å². The van der Waals surface area contributed by atoms with E-state index in [4.69, 9.17) is 0 Å². The average molecular weight is 323 g/mol. The number of alkyl halides is 2. The Morgan fingerprint density at radius 2 is 1.91 bits per heavy atom. The van der Waals surface area contributed by atoms with Crippen LogP contribution in [0.5, 0.6) is 5.75 Å². The Labute approximate surface area is 131 Å². The van der Waals surface area contributed by atoms with Crippen LogP contribution in [-0.4, -0.2) is 24.8 Å². The van der Waals surface area contributed by atoms with Crippen molar-refractivity contribution in [2.24, 2.45) is 0 Å². The summed E-state index contributed by atoms with van der Waals surface area (Å²) < 4.78 is 28.5. The van der Waals surface area contributed by atoms with E-state index in [2.05, 4.69) is 10.1 Å². The molecular weight excluding hydrogens is 308 g/mol. The molecule has 0 saturated heterocycles. The molecule has 0 fully saturated rings. The number of benzene rings is 2. The van der Waals surface area contributed by atoms with Crippen molar-refractivity contribution in [1.82, 2.24) is 5.32 Å². The maximum Gasteiger partial charge on any atom is 0.387 e. The number of nitrogens with one attached hydrogen (secondary N) is 1. The highest BCUT2D eigenvalue weighted by Gasteiger charge is 2.09.